The summed E-state index contributed by atoms with van der Waals surface area (Å²) in [6.07, 6.45) is 11.9. The molecule has 2 atom stereocenters. The van der Waals surface area contributed by atoms with Crippen LogP contribution in [0.25, 0.3) is 0 Å². The van der Waals surface area contributed by atoms with Gasteiger partial charge in [0.1, 0.15) is 18.2 Å². The number of carbonyl (C=O) groups excluding carboxylic acids is 3. The van der Waals surface area contributed by atoms with Gasteiger partial charge in [0.25, 0.3) is 0 Å². The van der Waals surface area contributed by atoms with E-state index in [9.17, 15) is 14.4 Å². The zero-order valence-corrected chi connectivity index (χ0v) is 23.4. The summed E-state index contributed by atoms with van der Waals surface area (Å²) in [6.45, 7) is 11.2. The second-order valence-corrected chi connectivity index (χ2v) is 11.5. The van der Waals surface area contributed by atoms with Crippen molar-refractivity contribution >= 4 is 17.9 Å². The minimum absolute atomic E-state index is 0.0737. The molecule has 0 spiro atoms. The van der Waals surface area contributed by atoms with E-state index in [2.05, 4.69) is 30.4 Å². The van der Waals surface area contributed by atoms with E-state index in [1.807, 2.05) is 25.1 Å². The Bertz CT molecular complexity index is 954. The molecule has 204 valence electrons. The third kappa shape index (κ3) is 9.76. The number of benzene rings is 1. The Morgan fingerprint density at radius 2 is 1.73 bits per heavy atom. The molecule has 3 amide bonds. The van der Waals surface area contributed by atoms with Crippen LogP contribution < -0.4 is 10.6 Å². The van der Waals surface area contributed by atoms with Crippen LogP contribution in [0.4, 0.5) is 4.79 Å². The summed E-state index contributed by atoms with van der Waals surface area (Å²) in [5, 5.41) is 5.78. The Morgan fingerprint density at radius 3 is 2.32 bits per heavy atom. The number of nitrogens with one attached hydrogen (secondary N) is 2. The van der Waals surface area contributed by atoms with E-state index < -0.39 is 17.7 Å². The Balaban J connectivity index is 2.43. The molecule has 7 heteroatoms. The minimum atomic E-state index is -0.913. The van der Waals surface area contributed by atoms with Gasteiger partial charge in [-0.1, -0.05) is 57.2 Å². The fraction of sp³-hybridized carbons (Fsp3) is 0.633. The summed E-state index contributed by atoms with van der Waals surface area (Å²) in [5.41, 5.74) is 0.492. The van der Waals surface area contributed by atoms with E-state index in [4.69, 9.17) is 11.2 Å². The number of hydrogen-bond donors (Lipinski definition) is 2. The van der Waals surface area contributed by atoms with Crippen molar-refractivity contribution in [3.8, 4) is 12.3 Å². The average Bonchev–Trinajstić information content (AvgIpc) is 2.83. The Labute approximate surface area is 223 Å². The van der Waals surface area contributed by atoms with Crippen LogP contribution in [-0.4, -0.2) is 47.0 Å². The van der Waals surface area contributed by atoms with Gasteiger partial charge in [0.2, 0.25) is 11.8 Å². The summed E-state index contributed by atoms with van der Waals surface area (Å²) >= 11 is 0. The molecule has 1 aliphatic carbocycles. The predicted molar refractivity (Wildman–Crippen MR) is 147 cm³/mol. The molecule has 1 aromatic rings. The molecule has 7 nitrogen and oxygen atoms in total. The summed E-state index contributed by atoms with van der Waals surface area (Å²) < 4.78 is 5.31. The van der Waals surface area contributed by atoms with E-state index in [-0.39, 0.29) is 30.4 Å². The predicted octanol–water partition coefficient (Wildman–Crippen LogP) is 5.34. The first kappa shape index (κ1) is 30.2. The third-order valence-corrected chi connectivity index (χ3v) is 6.60. The number of nitrogens with zero attached hydrogens (tertiary/aromatic N) is 1. The van der Waals surface area contributed by atoms with Crippen molar-refractivity contribution in [3.05, 3.63) is 35.4 Å². The minimum Gasteiger partial charge on any atom is -0.444 e. The first-order chi connectivity index (χ1) is 17.4. The normalized spacial score (nSPS) is 15.8. The quantitative estimate of drug-likeness (QED) is 0.415. The van der Waals surface area contributed by atoms with Crippen molar-refractivity contribution in [2.24, 2.45) is 5.92 Å². The maximum atomic E-state index is 13.9. The summed E-state index contributed by atoms with van der Waals surface area (Å²) in [7, 11) is 0. The van der Waals surface area contributed by atoms with Crippen LogP contribution in [0.3, 0.4) is 0 Å². The highest BCUT2D eigenvalue weighted by atomic mass is 16.6. The van der Waals surface area contributed by atoms with E-state index in [0.29, 0.717) is 23.5 Å². The van der Waals surface area contributed by atoms with Gasteiger partial charge in [0, 0.05) is 17.6 Å². The van der Waals surface area contributed by atoms with Crippen LogP contribution in [0.2, 0.25) is 0 Å². The molecule has 1 aromatic carbocycles. The van der Waals surface area contributed by atoms with Crippen LogP contribution >= 0.6 is 0 Å². The smallest absolute Gasteiger partial charge is 0.408 e. The second kappa shape index (κ2) is 14.1. The molecule has 1 aliphatic rings. The maximum absolute atomic E-state index is 13.9. The van der Waals surface area contributed by atoms with E-state index in [1.165, 1.54) is 6.42 Å². The fourth-order valence-corrected chi connectivity index (χ4v) is 4.72. The van der Waals surface area contributed by atoms with Gasteiger partial charge in [-0.15, -0.1) is 6.42 Å². The lowest BCUT2D eigenvalue weighted by Crippen LogP contribution is -2.52. The van der Waals surface area contributed by atoms with E-state index in [1.54, 1.807) is 31.7 Å². The molecule has 0 radical (unpaired) electrons. The average molecular weight is 512 g/mol. The number of carbonyl (C=O) groups is 3. The van der Waals surface area contributed by atoms with Crippen LogP contribution in [0, 0.1) is 18.3 Å². The maximum Gasteiger partial charge on any atom is 0.408 e. The van der Waals surface area contributed by atoms with Crippen molar-refractivity contribution in [1.29, 1.82) is 0 Å². The highest BCUT2D eigenvalue weighted by Crippen LogP contribution is 2.30. The lowest BCUT2D eigenvalue weighted by atomic mass is 9.92. The molecule has 2 unspecified atom stereocenters. The standard InChI is InChI=1S/C30H45N3O4/c1-8-23-14-12-13-17-25(23)27(28(35)32-24-15-10-9-11-16-24)33(22(4)19-18-21(2)3)26(34)20-31-29(36)37-30(5,6)7/h1,12-14,17,21-22,24,27H,9-11,15-16,18-20H2,2-7H3,(H,31,36)(H,32,35). The van der Waals surface area contributed by atoms with Crippen molar-refractivity contribution in [2.75, 3.05) is 6.54 Å². The molecule has 1 saturated carbocycles. The lowest BCUT2D eigenvalue weighted by Gasteiger charge is -2.38. The molecule has 2 N–H and O–H groups in total. The highest BCUT2D eigenvalue weighted by molar-refractivity contribution is 5.91. The van der Waals surface area contributed by atoms with Gasteiger partial charge in [-0.3, -0.25) is 9.59 Å². The van der Waals surface area contributed by atoms with E-state index >= 15 is 0 Å². The first-order valence-electron chi connectivity index (χ1n) is 13.6. The topological polar surface area (TPSA) is 87.7 Å². The number of ether oxygens (including phenoxy) is 1. The zero-order chi connectivity index (χ0) is 27.6. The van der Waals surface area contributed by atoms with Crippen molar-refractivity contribution in [3.63, 3.8) is 0 Å². The monoisotopic (exact) mass is 511 g/mol. The molecule has 0 aromatic heterocycles. The number of hydrogen-bond acceptors (Lipinski definition) is 4. The van der Waals surface area contributed by atoms with Crippen LogP contribution in [0.5, 0.6) is 0 Å². The van der Waals surface area contributed by atoms with Gasteiger partial charge < -0.3 is 20.3 Å². The third-order valence-electron chi connectivity index (χ3n) is 6.60. The van der Waals surface area contributed by atoms with Crippen LogP contribution in [0.1, 0.15) is 104 Å². The molecule has 0 saturated heterocycles. The van der Waals surface area contributed by atoms with Gasteiger partial charge in [0.05, 0.1) is 0 Å². The summed E-state index contributed by atoms with van der Waals surface area (Å²) in [5.74, 6) is 2.52. The lowest BCUT2D eigenvalue weighted by molar-refractivity contribution is -0.143. The number of alkyl carbamates (subject to hydrolysis) is 1. The van der Waals surface area contributed by atoms with Crippen LogP contribution in [-0.2, 0) is 14.3 Å². The van der Waals surface area contributed by atoms with Crippen molar-refractivity contribution in [2.45, 2.75) is 110 Å². The molecular weight excluding hydrogens is 466 g/mol. The van der Waals surface area contributed by atoms with Crippen LogP contribution in [0.15, 0.2) is 24.3 Å². The molecule has 37 heavy (non-hydrogen) atoms. The Kier molecular flexibility index (Phi) is 11.5. The van der Waals surface area contributed by atoms with Gasteiger partial charge in [-0.05, 0) is 70.9 Å². The Morgan fingerprint density at radius 1 is 1.08 bits per heavy atom. The van der Waals surface area contributed by atoms with Gasteiger partial charge in [0.15, 0.2) is 0 Å². The first-order valence-corrected chi connectivity index (χ1v) is 13.6. The van der Waals surface area contributed by atoms with Crippen molar-refractivity contribution in [1.82, 2.24) is 15.5 Å². The number of amides is 3. The Hall–Kier alpha value is -3.01. The molecule has 2 rings (SSSR count). The largest absolute Gasteiger partial charge is 0.444 e. The number of terminal acetylenes is 1. The molecular formula is C30H45N3O4. The molecule has 0 heterocycles. The van der Waals surface area contributed by atoms with Crippen molar-refractivity contribution < 1.29 is 19.1 Å². The molecule has 0 aliphatic heterocycles. The van der Waals surface area contributed by atoms with Gasteiger partial charge in [-0.2, -0.15) is 0 Å². The SMILES string of the molecule is C#Cc1ccccc1C(C(=O)NC1CCCCC1)N(C(=O)CNC(=O)OC(C)(C)C)C(C)CCC(C)C. The van der Waals surface area contributed by atoms with Gasteiger partial charge >= 0.3 is 6.09 Å². The molecule has 1 fully saturated rings. The van der Waals surface area contributed by atoms with Gasteiger partial charge in [-0.25, -0.2) is 4.79 Å². The van der Waals surface area contributed by atoms with E-state index in [0.717, 1.165) is 32.1 Å². The molecule has 0 bridgehead atoms. The fourth-order valence-electron chi connectivity index (χ4n) is 4.72. The zero-order valence-electron chi connectivity index (χ0n) is 23.4. The summed E-state index contributed by atoms with van der Waals surface area (Å²) in [4.78, 5) is 41.5. The summed E-state index contributed by atoms with van der Waals surface area (Å²) in [6, 6.07) is 6.16. The second-order valence-electron chi connectivity index (χ2n) is 11.5. The number of rotatable bonds is 10. The highest BCUT2D eigenvalue weighted by Gasteiger charge is 2.37.